The summed E-state index contributed by atoms with van der Waals surface area (Å²) >= 11 is 0. The Bertz CT molecular complexity index is 1140. The number of hydrogen-bond donors (Lipinski definition) is 0. The molecule has 0 bridgehead atoms. The van der Waals surface area contributed by atoms with Crippen molar-refractivity contribution < 1.29 is 13.6 Å². The van der Waals surface area contributed by atoms with Gasteiger partial charge in [0.1, 0.15) is 5.78 Å². The average molecular weight is 440 g/mol. The van der Waals surface area contributed by atoms with Gasteiger partial charge in [0.2, 0.25) is 5.92 Å². The van der Waals surface area contributed by atoms with E-state index in [0.717, 1.165) is 47.5 Å². The van der Waals surface area contributed by atoms with Crippen molar-refractivity contribution >= 4 is 16.7 Å². The fourth-order valence-corrected chi connectivity index (χ4v) is 4.61. The molecule has 6 nitrogen and oxygen atoms in total. The number of aryl methyl sites for hydroxylation is 1. The van der Waals surface area contributed by atoms with Crippen LogP contribution in [0, 0.1) is 5.92 Å². The number of fused-ring (bicyclic) bond motifs is 1. The number of aromatic nitrogens is 4. The maximum atomic E-state index is 13.4. The summed E-state index contributed by atoms with van der Waals surface area (Å²) in [6.07, 6.45) is 5.08. The lowest BCUT2D eigenvalue weighted by molar-refractivity contribution is -0.126. The zero-order chi connectivity index (χ0) is 22.3. The topological polar surface area (TPSA) is 63.9 Å². The summed E-state index contributed by atoms with van der Waals surface area (Å²) in [6, 6.07) is 5.81. The first kappa shape index (κ1) is 21.1. The van der Waals surface area contributed by atoms with Gasteiger partial charge in [-0.25, -0.2) is 13.8 Å². The third-order valence-electron chi connectivity index (χ3n) is 6.82. The SMILES string of the molecule is Cn1ncc(-c2ccc3cnc(CC(=O)C4CCC(F)(F)CC4)cc3n2)c1CN1CCC1. The summed E-state index contributed by atoms with van der Waals surface area (Å²) in [5, 5.41) is 5.34. The Kier molecular flexibility index (Phi) is 5.49. The van der Waals surface area contributed by atoms with Crippen molar-refractivity contribution in [2.45, 2.75) is 51.0 Å². The number of alkyl halides is 2. The molecule has 0 radical (unpaired) electrons. The second-order valence-electron chi connectivity index (χ2n) is 9.10. The number of likely N-dealkylation sites (tertiary alicyclic amines) is 1. The standard InChI is InChI=1S/C24H27F2N5O/c1-30-22(15-31-9-2-10-31)19(14-28-30)20-4-3-17-13-27-18(11-21(17)29-20)12-23(32)16-5-7-24(25,26)8-6-16/h3-4,11,13-14,16H,2,5-10,12,15H2,1H3. The van der Waals surface area contributed by atoms with Crippen LogP contribution in [-0.2, 0) is 24.8 Å². The minimum atomic E-state index is -2.63. The Balaban J connectivity index is 1.36. The normalized spacial score (nSPS) is 19.2. The van der Waals surface area contributed by atoms with Gasteiger partial charge >= 0.3 is 0 Å². The molecule has 3 aromatic rings. The number of Topliss-reactive ketones (excluding diaryl/α,β-unsaturated/α-hetero) is 1. The van der Waals surface area contributed by atoms with Gasteiger partial charge in [0.05, 0.1) is 23.1 Å². The monoisotopic (exact) mass is 439 g/mol. The summed E-state index contributed by atoms with van der Waals surface area (Å²) in [5.41, 5.74) is 4.40. The van der Waals surface area contributed by atoms with Crippen LogP contribution in [0.25, 0.3) is 22.2 Å². The van der Waals surface area contributed by atoms with Crippen LogP contribution in [0.15, 0.2) is 30.6 Å². The van der Waals surface area contributed by atoms with Gasteiger partial charge in [0.25, 0.3) is 0 Å². The van der Waals surface area contributed by atoms with E-state index >= 15 is 0 Å². The van der Waals surface area contributed by atoms with Crippen molar-refractivity contribution in [2.24, 2.45) is 13.0 Å². The summed E-state index contributed by atoms with van der Waals surface area (Å²) in [7, 11) is 1.95. The van der Waals surface area contributed by atoms with Crippen LogP contribution in [0.2, 0.25) is 0 Å². The second-order valence-corrected chi connectivity index (χ2v) is 9.10. The maximum Gasteiger partial charge on any atom is 0.248 e. The van der Waals surface area contributed by atoms with E-state index < -0.39 is 5.92 Å². The molecule has 2 aliphatic rings. The molecular weight excluding hydrogens is 412 g/mol. The van der Waals surface area contributed by atoms with E-state index in [9.17, 15) is 13.6 Å². The van der Waals surface area contributed by atoms with Gasteiger partial charge in [0, 0.05) is 61.6 Å². The van der Waals surface area contributed by atoms with Gasteiger partial charge < -0.3 is 0 Å². The second kappa shape index (κ2) is 8.31. The fraction of sp³-hybridized carbons (Fsp3) is 0.500. The van der Waals surface area contributed by atoms with E-state index in [4.69, 9.17) is 4.98 Å². The van der Waals surface area contributed by atoms with Gasteiger partial charge in [-0.3, -0.25) is 19.4 Å². The van der Waals surface area contributed by atoms with Crippen molar-refractivity contribution in [3.05, 3.63) is 42.0 Å². The molecule has 0 atom stereocenters. The number of halogens is 2. The van der Waals surface area contributed by atoms with Crippen LogP contribution in [0.1, 0.15) is 43.5 Å². The van der Waals surface area contributed by atoms with Gasteiger partial charge in [0.15, 0.2) is 0 Å². The fourth-order valence-electron chi connectivity index (χ4n) is 4.61. The van der Waals surface area contributed by atoms with Crippen LogP contribution in [0.4, 0.5) is 8.78 Å². The molecule has 32 heavy (non-hydrogen) atoms. The molecule has 8 heteroatoms. The molecular formula is C24H27F2N5O. The molecule has 4 heterocycles. The predicted octanol–water partition coefficient (Wildman–Crippen LogP) is 4.17. The van der Waals surface area contributed by atoms with Gasteiger partial charge in [-0.05, 0) is 50.6 Å². The lowest BCUT2D eigenvalue weighted by atomic mass is 9.83. The third kappa shape index (κ3) is 4.28. The molecule has 0 N–H and O–H groups in total. The molecule has 1 saturated carbocycles. The molecule has 3 aromatic heterocycles. The number of hydrogen-bond acceptors (Lipinski definition) is 5. The molecule has 1 aliphatic heterocycles. The van der Waals surface area contributed by atoms with E-state index in [-0.39, 0.29) is 43.8 Å². The first-order valence-corrected chi connectivity index (χ1v) is 11.3. The van der Waals surface area contributed by atoms with Gasteiger partial charge in [-0.15, -0.1) is 0 Å². The van der Waals surface area contributed by atoms with Crippen LogP contribution in [0.3, 0.4) is 0 Å². The van der Waals surface area contributed by atoms with Crippen molar-refractivity contribution in [1.29, 1.82) is 0 Å². The Morgan fingerprint density at radius 2 is 1.97 bits per heavy atom. The van der Waals surface area contributed by atoms with Crippen molar-refractivity contribution in [3.8, 4) is 11.3 Å². The van der Waals surface area contributed by atoms with Crippen LogP contribution in [0.5, 0.6) is 0 Å². The van der Waals surface area contributed by atoms with Crippen LogP contribution >= 0.6 is 0 Å². The number of ketones is 1. The highest BCUT2D eigenvalue weighted by Crippen LogP contribution is 2.37. The molecule has 0 amide bonds. The minimum Gasteiger partial charge on any atom is -0.299 e. The van der Waals surface area contributed by atoms with E-state index in [0.29, 0.717) is 5.69 Å². The molecule has 0 unspecified atom stereocenters. The summed E-state index contributed by atoms with van der Waals surface area (Å²) in [4.78, 5) is 24.3. The first-order chi connectivity index (χ1) is 15.4. The molecule has 0 spiro atoms. The molecule has 1 aliphatic carbocycles. The van der Waals surface area contributed by atoms with Gasteiger partial charge in [-0.1, -0.05) is 0 Å². The zero-order valence-corrected chi connectivity index (χ0v) is 18.2. The van der Waals surface area contributed by atoms with Crippen LogP contribution < -0.4 is 0 Å². The summed E-state index contributed by atoms with van der Waals surface area (Å²) in [6.45, 7) is 3.07. The number of carbonyl (C=O) groups excluding carboxylic acids is 1. The third-order valence-corrected chi connectivity index (χ3v) is 6.82. The molecule has 0 aromatic carbocycles. The number of carbonyl (C=O) groups is 1. The number of rotatable bonds is 6. The zero-order valence-electron chi connectivity index (χ0n) is 18.2. The largest absolute Gasteiger partial charge is 0.299 e. The predicted molar refractivity (Wildman–Crippen MR) is 117 cm³/mol. The summed E-state index contributed by atoms with van der Waals surface area (Å²) < 4.78 is 28.7. The van der Waals surface area contributed by atoms with E-state index in [1.165, 1.54) is 6.42 Å². The smallest absolute Gasteiger partial charge is 0.248 e. The Hall–Kier alpha value is -2.74. The van der Waals surface area contributed by atoms with E-state index in [2.05, 4.69) is 15.0 Å². The maximum absolute atomic E-state index is 13.4. The van der Waals surface area contributed by atoms with Gasteiger partial charge in [-0.2, -0.15) is 5.10 Å². The highest BCUT2D eigenvalue weighted by molar-refractivity contribution is 5.85. The Morgan fingerprint density at radius 3 is 2.69 bits per heavy atom. The Morgan fingerprint density at radius 1 is 1.19 bits per heavy atom. The lowest BCUT2D eigenvalue weighted by Crippen LogP contribution is -2.37. The van der Waals surface area contributed by atoms with E-state index in [1.54, 1.807) is 6.20 Å². The van der Waals surface area contributed by atoms with E-state index in [1.807, 2.05) is 36.1 Å². The molecule has 5 rings (SSSR count). The van der Waals surface area contributed by atoms with Crippen molar-refractivity contribution in [3.63, 3.8) is 0 Å². The van der Waals surface area contributed by atoms with Crippen LogP contribution in [-0.4, -0.2) is 49.4 Å². The average Bonchev–Trinajstić information content (AvgIpc) is 3.10. The highest BCUT2D eigenvalue weighted by Gasteiger charge is 2.37. The first-order valence-electron chi connectivity index (χ1n) is 11.3. The Labute approximate surface area is 185 Å². The minimum absolute atomic E-state index is 0.00685. The summed E-state index contributed by atoms with van der Waals surface area (Å²) in [5.74, 6) is -2.93. The van der Waals surface area contributed by atoms with Crippen molar-refractivity contribution in [1.82, 2.24) is 24.6 Å². The molecule has 2 fully saturated rings. The quantitative estimate of drug-likeness (QED) is 0.577. The number of pyridine rings is 2. The number of nitrogens with zero attached hydrogens (tertiary/aromatic N) is 5. The lowest BCUT2D eigenvalue weighted by Gasteiger charge is -2.30. The molecule has 168 valence electrons. The molecule has 1 saturated heterocycles. The highest BCUT2D eigenvalue weighted by atomic mass is 19.3. The van der Waals surface area contributed by atoms with Crippen molar-refractivity contribution in [2.75, 3.05) is 13.1 Å².